The highest BCUT2D eigenvalue weighted by atomic mass is 127. The number of nitriles is 1. The lowest BCUT2D eigenvalue weighted by atomic mass is 10.1. The summed E-state index contributed by atoms with van der Waals surface area (Å²) in [6.45, 7) is 6.17. The second-order valence-corrected chi connectivity index (χ2v) is 8.31. The van der Waals surface area contributed by atoms with Crippen molar-refractivity contribution >= 4 is 51.9 Å². The number of amides is 1. The number of hydrogen-bond acceptors (Lipinski definition) is 6. The average molecular weight is 571 g/mol. The van der Waals surface area contributed by atoms with Crippen LogP contribution in [0.5, 0.6) is 23.0 Å². The van der Waals surface area contributed by atoms with Gasteiger partial charge in [-0.15, -0.1) is 0 Å². The van der Waals surface area contributed by atoms with Crippen LogP contribution in [0.1, 0.15) is 26.3 Å². The van der Waals surface area contributed by atoms with E-state index in [2.05, 4.69) is 27.9 Å². The molecular formula is C23H24ClIN2O5. The summed E-state index contributed by atoms with van der Waals surface area (Å²) in [6, 6.07) is 8.55. The number of methoxy groups -OCH3 is 2. The average Bonchev–Trinajstić information content (AvgIpc) is 2.75. The normalized spacial score (nSPS) is 11.0. The summed E-state index contributed by atoms with van der Waals surface area (Å²) in [5.74, 6) is 1.26. The number of ether oxygens (including phenoxy) is 4. The van der Waals surface area contributed by atoms with E-state index in [1.54, 1.807) is 6.07 Å². The predicted molar refractivity (Wildman–Crippen MR) is 133 cm³/mol. The van der Waals surface area contributed by atoms with Crippen LogP contribution in [-0.2, 0) is 4.79 Å². The van der Waals surface area contributed by atoms with E-state index in [-0.39, 0.29) is 11.7 Å². The molecule has 0 aliphatic rings. The van der Waals surface area contributed by atoms with E-state index in [1.165, 1.54) is 32.4 Å². The molecule has 9 heteroatoms. The van der Waals surface area contributed by atoms with Crippen LogP contribution in [0, 0.1) is 14.9 Å². The number of halogens is 2. The van der Waals surface area contributed by atoms with Gasteiger partial charge < -0.3 is 24.3 Å². The monoisotopic (exact) mass is 570 g/mol. The zero-order valence-electron chi connectivity index (χ0n) is 18.4. The Morgan fingerprint density at radius 1 is 1.19 bits per heavy atom. The van der Waals surface area contributed by atoms with Crippen molar-refractivity contribution in [2.75, 3.05) is 26.1 Å². The molecule has 0 aliphatic heterocycles. The van der Waals surface area contributed by atoms with Gasteiger partial charge in [0.1, 0.15) is 23.1 Å². The van der Waals surface area contributed by atoms with E-state index in [0.717, 1.165) is 3.57 Å². The van der Waals surface area contributed by atoms with Crippen LogP contribution < -0.4 is 24.3 Å². The van der Waals surface area contributed by atoms with Crippen molar-refractivity contribution in [3.05, 3.63) is 44.0 Å². The van der Waals surface area contributed by atoms with Gasteiger partial charge in [0.25, 0.3) is 5.91 Å². The van der Waals surface area contributed by atoms with E-state index in [9.17, 15) is 10.1 Å². The molecule has 0 unspecified atom stereocenters. The van der Waals surface area contributed by atoms with Gasteiger partial charge in [-0.2, -0.15) is 5.26 Å². The van der Waals surface area contributed by atoms with Gasteiger partial charge >= 0.3 is 0 Å². The van der Waals surface area contributed by atoms with Gasteiger partial charge in [-0.3, -0.25) is 4.79 Å². The van der Waals surface area contributed by atoms with Crippen molar-refractivity contribution in [3.8, 4) is 29.1 Å². The molecular weight excluding hydrogens is 547 g/mol. The summed E-state index contributed by atoms with van der Waals surface area (Å²) in [4.78, 5) is 12.8. The van der Waals surface area contributed by atoms with Crippen molar-refractivity contribution < 1.29 is 23.7 Å². The molecule has 1 N–H and O–H groups in total. The maximum absolute atomic E-state index is 12.8. The fourth-order valence-electron chi connectivity index (χ4n) is 2.75. The van der Waals surface area contributed by atoms with Crippen molar-refractivity contribution in [3.63, 3.8) is 0 Å². The van der Waals surface area contributed by atoms with Gasteiger partial charge in [-0.05, 0) is 67.1 Å². The van der Waals surface area contributed by atoms with Crippen LogP contribution in [0.2, 0.25) is 5.02 Å². The van der Waals surface area contributed by atoms with E-state index in [0.29, 0.717) is 45.9 Å². The van der Waals surface area contributed by atoms with E-state index in [4.69, 9.17) is 30.5 Å². The summed E-state index contributed by atoms with van der Waals surface area (Å²) in [5.41, 5.74) is 0.850. The minimum atomic E-state index is -0.606. The van der Waals surface area contributed by atoms with E-state index >= 15 is 0 Å². The number of nitrogens with one attached hydrogen (secondary N) is 1. The number of hydrogen-bond donors (Lipinski definition) is 1. The van der Waals surface area contributed by atoms with Gasteiger partial charge in [-0.1, -0.05) is 11.6 Å². The lowest BCUT2D eigenvalue weighted by molar-refractivity contribution is -0.112. The highest BCUT2D eigenvalue weighted by Crippen LogP contribution is 2.37. The highest BCUT2D eigenvalue weighted by molar-refractivity contribution is 14.1. The highest BCUT2D eigenvalue weighted by Gasteiger charge is 2.17. The Morgan fingerprint density at radius 3 is 2.44 bits per heavy atom. The molecule has 0 aliphatic carbocycles. The molecule has 0 bridgehead atoms. The lowest BCUT2D eigenvalue weighted by Gasteiger charge is -2.17. The standard InChI is InChI=1S/C23H24ClIN2O5/c1-6-31-21-9-14(8-17(25)22(21)32-13(2)3)7-15(12-26)23(28)27-18-11-19(29-4)16(24)10-20(18)30-5/h7-11,13H,6H2,1-5H3,(H,27,28)/b15-7+. The van der Waals surface area contributed by atoms with Gasteiger partial charge in [0.05, 0.1) is 41.2 Å². The molecule has 32 heavy (non-hydrogen) atoms. The molecule has 0 radical (unpaired) electrons. The van der Waals surface area contributed by atoms with Crippen LogP contribution in [0.4, 0.5) is 5.69 Å². The first-order valence-corrected chi connectivity index (χ1v) is 11.2. The Hall–Kier alpha value is -2.64. The zero-order valence-corrected chi connectivity index (χ0v) is 21.3. The molecule has 1 amide bonds. The third-order valence-electron chi connectivity index (χ3n) is 4.08. The zero-order chi connectivity index (χ0) is 23.8. The molecule has 0 saturated heterocycles. The Bertz CT molecular complexity index is 1060. The van der Waals surface area contributed by atoms with Crippen LogP contribution in [0.3, 0.4) is 0 Å². The van der Waals surface area contributed by atoms with Crippen LogP contribution in [0.25, 0.3) is 6.08 Å². The van der Waals surface area contributed by atoms with Crippen LogP contribution in [-0.4, -0.2) is 32.8 Å². The summed E-state index contributed by atoms with van der Waals surface area (Å²) in [5, 5.41) is 12.6. The maximum Gasteiger partial charge on any atom is 0.266 e. The molecule has 0 aromatic heterocycles. The second kappa shape index (κ2) is 11.8. The molecule has 2 rings (SSSR count). The topological polar surface area (TPSA) is 89.8 Å². The van der Waals surface area contributed by atoms with Gasteiger partial charge in [0.15, 0.2) is 11.5 Å². The first-order chi connectivity index (χ1) is 15.2. The number of carbonyl (C=O) groups excluding carboxylic acids is 1. The van der Waals surface area contributed by atoms with Gasteiger partial charge in [-0.25, -0.2) is 0 Å². The number of rotatable bonds is 9. The SMILES string of the molecule is CCOc1cc(/C=C(\C#N)C(=O)Nc2cc(OC)c(Cl)cc2OC)cc(I)c1OC(C)C. The molecule has 7 nitrogen and oxygen atoms in total. The lowest BCUT2D eigenvalue weighted by Crippen LogP contribution is -2.14. The summed E-state index contributed by atoms with van der Waals surface area (Å²) in [6.07, 6.45) is 1.45. The molecule has 0 heterocycles. The number of carbonyl (C=O) groups is 1. The first kappa shape index (κ1) is 25.6. The minimum Gasteiger partial charge on any atom is -0.495 e. The Morgan fingerprint density at radius 2 is 1.88 bits per heavy atom. The third-order valence-corrected chi connectivity index (χ3v) is 5.18. The Kier molecular flexibility index (Phi) is 9.47. The first-order valence-electron chi connectivity index (χ1n) is 9.71. The quantitative estimate of drug-likeness (QED) is 0.237. The predicted octanol–water partition coefficient (Wildman–Crippen LogP) is 5.69. The van der Waals surface area contributed by atoms with Gasteiger partial charge in [0, 0.05) is 12.1 Å². The summed E-state index contributed by atoms with van der Waals surface area (Å²) < 4.78 is 22.8. The maximum atomic E-state index is 12.8. The van der Waals surface area contributed by atoms with Crippen LogP contribution >= 0.6 is 34.2 Å². The number of benzene rings is 2. The van der Waals surface area contributed by atoms with Crippen molar-refractivity contribution in [2.45, 2.75) is 26.9 Å². The summed E-state index contributed by atoms with van der Waals surface area (Å²) >= 11 is 8.25. The summed E-state index contributed by atoms with van der Waals surface area (Å²) in [7, 11) is 2.91. The number of nitrogens with zero attached hydrogens (tertiary/aromatic N) is 1. The fourth-order valence-corrected chi connectivity index (χ4v) is 3.73. The van der Waals surface area contributed by atoms with Crippen molar-refractivity contribution in [1.29, 1.82) is 5.26 Å². The molecule has 2 aromatic carbocycles. The molecule has 2 aromatic rings. The Labute approximate surface area is 206 Å². The molecule has 0 fully saturated rings. The smallest absolute Gasteiger partial charge is 0.266 e. The molecule has 0 spiro atoms. The van der Waals surface area contributed by atoms with Gasteiger partial charge in [0.2, 0.25) is 0 Å². The second-order valence-electron chi connectivity index (χ2n) is 6.74. The van der Waals surface area contributed by atoms with Crippen LogP contribution in [0.15, 0.2) is 29.8 Å². The van der Waals surface area contributed by atoms with Crippen molar-refractivity contribution in [2.24, 2.45) is 0 Å². The largest absolute Gasteiger partial charge is 0.495 e. The fraction of sp³-hybridized carbons (Fsp3) is 0.304. The Balaban J connectivity index is 2.41. The van der Waals surface area contributed by atoms with E-state index < -0.39 is 5.91 Å². The van der Waals surface area contributed by atoms with Crippen molar-refractivity contribution in [1.82, 2.24) is 0 Å². The minimum absolute atomic E-state index is 0.0316. The number of anilines is 1. The molecule has 170 valence electrons. The molecule has 0 atom stereocenters. The molecule has 0 saturated carbocycles. The van der Waals surface area contributed by atoms with E-state index in [1.807, 2.05) is 32.9 Å². The third kappa shape index (κ3) is 6.43.